The molecular formula is C15H25N3OS. The van der Waals surface area contributed by atoms with Gasteiger partial charge in [0, 0.05) is 23.6 Å². The van der Waals surface area contributed by atoms with Gasteiger partial charge in [-0.15, -0.1) is 0 Å². The fourth-order valence-electron chi connectivity index (χ4n) is 2.29. The monoisotopic (exact) mass is 295 g/mol. The highest BCUT2D eigenvalue weighted by Gasteiger charge is 2.30. The van der Waals surface area contributed by atoms with Gasteiger partial charge in [0.1, 0.15) is 0 Å². The Balaban J connectivity index is 1.92. The average molecular weight is 295 g/mol. The van der Waals surface area contributed by atoms with E-state index < -0.39 is 0 Å². The number of nitrogens with zero attached hydrogens (tertiary/aromatic N) is 1. The molecule has 1 aromatic rings. The van der Waals surface area contributed by atoms with E-state index in [-0.39, 0.29) is 5.56 Å². The molecule has 5 heteroatoms. The molecule has 1 saturated carbocycles. The van der Waals surface area contributed by atoms with E-state index in [1.165, 1.54) is 12.8 Å². The molecule has 1 unspecified atom stereocenters. The van der Waals surface area contributed by atoms with E-state index >= 15 is 0 Å². The molecule has 0 amide bonds. The Morgan fingerprint density at radius 1 is 1.45 bits per heavy atom. The molecular weight excluding hydrogens is 270 g/mol. The zero-order valence-electron chi connectivity index (χ0n) is 12.4. The van der Waals surface area contributed by atoms with Gasteiger partial charge in [-0.1, -0.05) is 32.0 Å². The number of H-pyrrole nitrogens is 1. The van der Waals surface area contributed by atoms with Crippen LogP contribution in [0.1, 0.15) is 45.2 Å². The molecule has 0 bridgehead atoms. The Hall–Kier alpha value is -0.810. The number of hydrogen-bond acceptors (Lipinski definition) is 4. The molecule has 1 heterocycles. The zero-order chi connectivity index (χ0) is 14.4. The van der Waals surface area contributed by atoms with Crippen molar-refractivity contribution in [2.75, 3.05) is 12.3 Å². The van der Waals surface area contributed by atoms with Crippen LogP contribution < -0.4 is 10.9 Å². The van der Waals surface area contributed by atoms with Gasteiger partial charge in [-0.05, 0) is 38.1 Å². The summed E-state index contributed by atoms with van der Waals surface area (Å²) in [6, 6.07) is 2.17. The zero-order valence-corrected chi connectivity index (χ0v) is 13.3. The van der Waals surface area contributed by atoms with Crippen LogP contribution in [0, 0.1) is 5.92 Å². The molecule has 4 nitrogen and oxygen atoms in total. The van der Waals surface area contributed by atoms with Crippen molar-refractivity contribution in [1.29, 1.82) is 0 Å². The van der Waals surface area contributed by atoms with E-state index in [1.807, 2.05) is 0 Å². The quantitative estimate of drug-likeness (QED) is 0.543. The molecule has 0 aromatic carbocycles. The van der Waals surface area contributed by atoms with Crippen LogP contribution in [-0.2, 0) is 6.42 Å². The van der Waals surface area contributed by atoms with Crippen LogP contribution in [0.3, 0.4) is 0 Å². The van der Waals surface area contributed by atoms with Crippen LogP contribution in [0.4, 0.5) is 0 Å². The van der Waals surface area contributed by atoms with Crippen LogP contribution in [0.5, 0.6) is 0 Å². The fraction of sp³-hybridized carbons (Fsp3) is 0.733. The molecule has 1 aliphatic carbocycles. The van der Waals surface area contributed by atoms with E-state index in [1.54, 1.807) is 17.8 Å². The van der Waals surface area contributed by atoms with E-state index in [4.69, 9.17) is 0 Å². The molecule has 0 aliphatic heterocycles. The summed E-state index contributed by atoms with van der Waals surface area (Å²) >= 11 is 1.67. The number of aromatic nitrogens is 2. The van der Waals surface area contributed by atoms with E-state index in [9.17, 15) is 4.79 Å². The van der Waals surface area contributed by atoms with Gasteiger partial charge in [0.2, 0.25) is 0 Å². The van der Waals surface area contributed by atoms with Crippen molar-refractivity contribution in [2.45, 2.75) is 57.1 Å². The highest BCUT2D eigenvalue weighted by Crippen LogP contribution is 2.34. The summed E-state index contributed by atoms with van der Waals surface area (Å²) in [5, 5.41) is 4.38. The first kappa shape index (κ1) is 15.6. The topological polar surface area (TPSA) is 57.8 Å². The molecule has 1 aliphatic rings. The maximum Gasteiger partial charge on any atom is 0.251 e. The lowest BCUT2D eigenvalue weighted by molar-refractivity contribution is 0.503. The molecule has 0 radical (unpaired) electrons. The number of hydrogen-bond donors (Lipinski definition) is 2. The van der Waals surface area contributed by atoms with Gasteiger partial charge in [-0.2, -0.15) is 0 Å². The third-order valence-electron chi connectivity index (χ3n) is 3.53. The van der Waals surface area contributed by atoms with Crippen molar-refractivity contribution >= 4 is 11.8 Å². The van der Waals surface area contributed by atoms with Gasteiger partial charge in [0.05, 0.1) is 0 Å². The minimum Gasteiger partial charge on any atom is -0.313 e. The lowest BCUT2D eigenvalue weighted by atomic mass is 10.2. The van der Waals surface area contributed by atoms with Crippen LogP contribution in [0.25, 0.3) is 0 Å². The maximum atomic E-state index is 11.6. The Morgan fingerprint density at radius 3 is 2.90 bits per heavy atom. The Labute approximate surface area is 125 Å². The second-order valence-corrected chi connectivity index (χ2v) is 6.51. The maximum absolute atomic E-state index is 11.6. The predicted octanol–water partition coefficient (Wildman–Crippen LogP) is 2.59. The van der Waals surface area contributed by atoms with Gasteiger partial charge in [0.25, 0.3) is 5.56 Å². The van der Waals surface area contributed by atoms with Crippen molar-refractivity contribution < 1.29 is 0 Å². The van der Waals surface area contributed by atoms with Gasteiger partial charge in [-0.25, -0.2) is 4.98 Å². The molecule has 1 fully saturated rings. The van der Waals surface area contributed by atoms with Crippen molar-refractivity contribution in [2.24, 2.45) is 5.92 Å². The van der Waals surface area contributed by atoms with Crippen molar-refractivity contribution in [3.8, 4) is 0 Å². The van der Waals surface area contributed by atoms with E-state index in [0.29, 0.717) is 6.04 Å². The van der Waals surface area contributed by atoms with Gasteiger partial charge in [0.15, 0.2) is 5.16 Å². The van der Waals surface area contributed by atoms with Crippen molar-refractivity contribution in [3.05, 3.63) is 22.1 Å². The minimum absolute atomic E-state index is 0.0320. The molecule has 2 N–H and O–H groups in total. The predicted molar refractivity (Wildman–Crippen MR) is 84.4 cm³/mol. The molecule has 1 aromatic heterocycles. The summed E-state index contributed by atoms with van der Waals surface area (Å²) in [6.45, 7) is 5.37. The normalized spacial score (nSPS) is 16.3. The molecule has 20 heavy (non-hydrogen) atoms. The molecule has 2 rings (SSSR count). The third kappa shape index (κ3) is 4.94. The first-order valence-electron chi connectivity index (χ1n) is 7.69. The summed E-state index contributed by atoms with van der Waals surface area (Å²) in [5.74, 6) is 1.81. The fourth-order valence-corrected chi connectivity index (χ4v) is 3.38. The Kier molecular flexibility index (Phi) is 6.10. The molecule has 112 valence electrons. The standard InChI is InChI=1S/C15H25N3OS/c1-3-5-12-9-14(19)18-15(17-12)20-10-13(11-6-7-11)16-8-4-2/h9,11,13,16H,3-8,10H2,1-2H3,(H,17,18,19). The molecule has 1 atom stereocenters. The average Bonchev–Trinajstić information content (AvgIpc) is 3.23. The number of thioether (sulfide) groups is 1. The third-order valence-corrected chi connectivity index (χ3v) is 4.52. The Bertz CT molecular complexity index is 470. The number of aromatic amines is 1. The summed E-state index contributed by atoms with van der Waals surface area (Å²) in [4.78, 5) is 19.0. The van der Waals surface area contributed by atoms with E-state index in [0.717, 1.165) is 48.3 Å². The van der Waals surface area contributed by atoms with Crippen LogP contribution in [0.2, 0.25) is 0 Å². The van der Waals surface area contributed by atoms with Crippen LogP contribution in [-0.4, -0.2) is 28.3 Å². The van der Waals surface area contributed by atoms with Gasteiger partial charge < -0.3 is 10.3 Å². The molecule has 0 spiro atoms. The lowest BCUT2D eigenvalue weighted by Crippen LogP contribution is -2.34. The Morgan fingerprint density at radius 2 is 2.25 bits per heavy atom. The first-order chi connectivity index (χ1) is 9.72. The lowest BCUT2D eigenvalue weighted by Gasteiger charge is -2.17. The van der Waals surface area contributed by atoms with E-state index in [2.05, 4.69) is 29.1 Å². The largest absolute Gasteiger partial charge is 0.313 e. The second-order valence-electron chi connectivity index (χ2n) is 5.50. The van der Waals surface area contributed by atoms with Gasteiger partial charge in [-0.3, -0.25) is 4.79 Å². The molecule has 0 saturated heterocycles. The number of aryl methyl sites for hydroxylation is 1. The van der Waals surface area contributed by atoms with Crippen molar-refractivity contribution in [3.63, 3.8) is 0 Å². The summed E-state index contributed by atoms with van der Waals surface area (Å²) < 4.78 is 0. The summed E-state index contributed by atoms with van der Waals surface area (Å²) in [6.07, 6.45) is 5.72. The van der Waals surface area contributed by atoms with Crippen molar-refractivity contribution in [1.82, 2.24) is 15.3 Å². The smallest absolute Gasteiger partial charge is 0.251 e. The number of rotatable bonds is 9. The highest BCUT2D eigenvalue weighted by atomic mass is 32.2. The summed E-state index contributed by atoms with van der Waals surface area (Å²) in [5.41, 5.74) is 0.874. The van der Waals surface area contributed by atoms with Crippen LogP contribution in [0.15, 0.2) is 16.0 Å². The van der Waals surface area contributed by atoms with Crippen LogP contribution >= 0.6 is 11.8 Å². The minimum atomic E-state index is -0.0320. The highest BCUT2D eigenvalue weighted by molar-refractivity contribution is 7.99. The SMILES string of the molecule is CCCNC(CSc1nc(CCC)cc(=O)[nH]1)C1CC1. The second kappa shape index (κ2) is 7.84. The van der Waals surface area contributed by atoms with Gasteiger partial charge >= 0.3 is 0 Å². The first-order valence-corrected chi connectivity index (χ1v) is 8.68. The number of nitrogens with one attached hydrogen (secondary N) is 2. The summed E-state index contributed by atoms with van der Waals surface area (Å²) in [7, 11) is 0.